The summed E-state index contributed by atoms with van der Waals surface area (Å²) in [7, 11) is 0. The molecule has 0 saturated heterocycles. The first-order valence-electron chi connectivity index (χ1n) is 7.69. The molecule has 0 spiro atoms. The Morgan fingerprint density at radius 1 is 1.17 bits per heavy atom. The number of halogens is 1. The van der Waals surface area contributed by atoms with Crippen LogP contribution in [0.5, 0.6) is 0 Å². The molecule has 0 fully saturated rings. The fourth-order valence-electron chi connectivity index (χ4n) is 3.73. The molecule has 4 heteroatoms. The van der Waals surface area contributed by atoms with E-state index in [1.807, 2.05) is 18.2 Å². The van der Waals surface area contributed by atoms with Gasteiger partial charge in [0.15, 0.2) is 0 Å². The predicted octanol–water partition coefficient (Wildman–Crippen LogP) is 4.35. The van der Waals surface area contributed by atoms with E-state index in [0.717, 1.165) is 23.2 Å². The fourth-order valence-corrected chi connectivity index (χ4v) is 3.73. The third-order valence-electron chi connectivity index (χ3n) is 4.84. The summed E-state index contributed by atoms with van der Waals surface area (Å²) in [6.07, 6.45) is 5.24. The van der Waals surface area contributed by atoms with Gasteiger partial charge in [-0.05, 0) is 53.8 Å². The maximum atomic E-state index is 13.2. The molecular weight excluding hydrogens is 293 g/mol. The number of rotatable bonds is 2. The SMILES string of the molecule is O=C(O)c1ccc2c(c1)[C@H]1C=CC[C@@H]1[C@H](c1ccc(F)cc1)N2. The van der Waals surface area contributed by atoms with Crippen LogP contribution in [0.1, 0.15) is 39.9 Å². The van der Waals surface area contributed by atoms with Gasteiger partial charge in [0.25, 0.3) is 0 Å². The van der Waals surface area contributed by atoms with Crippen LogP contribution in [0.2, 0.25) is 0 Å². The molecular formula is C19H16FNO2. The van der Waals surface area contributed by atoms with E-state index in [4.69, 9.17) is 0 Å². The largest absolute Gasteiger partial charge is 0.478 e. The van der Waals surface area contributed by atoms with E-state index in [9.17, 15) is 14.3 Å². The third-order valence-corrected chi connectivity index (χ3v) is 4.84. The Morgan fingerprint density at radius 3 is 2.70 bits per heavy atom. The molecule has 1 aliphatic heterocycles. The Labute approximate surface area is 133 Å². The highest BCUT2D eigenvalue weighted by molar-refractivity contribution is 5.89. The number of fused-ring (bicyclic) bond motifs is 3. The van der Waals surface area contributed by atoms with Crippen molar-refractivity contribution in [3.8, 4) is 0 Å². The number of anilines is 1. The molecule has 0 amide bonds. The van der Waals surface area contributed by atoms with Crippen LogP contribution in [0.3, 0.4) is 0 Å². The Morgan fingerprint density at radius 2 is 1.96 bits per heavy atom. The quantitative estimate of drug-likeness (QED) is 0.811. The number of hydrogen-bond donors (Lipinski definition) is 2. The van der Waals surface area contributed by atoms with Gasteiger partial charge in [-0.25, -0.2) is 9.18 Å². The molecule has 1 aliphatic carbocycles. The minimum atomic E-state index is -0.910. The predicted molar refractivity (Wildman–Crippen MR) is 86.2 cm³/mol. The van der Waals surface area contributed by atoms with E-state index in [-0.39, 0.29) is 17.8 Å². The van der Waals surface area contributed by atoms with E-state index in [1.54, 1.807) is 12.1 Å². The van der Waals surface area contributed by atoms with Crippen LogP contribution in [0, 0.1) is 11.7 Å². The number of carbonyl (C=O) groups is 1. The zero-order valence-electron chi connectivity index (χ0n) is 12.4. The first-order chi connectivity index (χ1) is 11.1. The van der Waals surface area contributed by atoms with Gasteiger partial charge in [-0.3, -0.25) is 0 Å². The van der Waals surface area contributed by atoms with E-state index < -0.39 is 5.97 Å². The standard InChI is InChI=1S/C19H16FNO2/c20-13-7-4-11(5-8-13)18-15-3-1-2-14(15)16-10-12(19(22)23)6-9-17(16)21-18/h1-2,4-10,14-15,18,21H,3H2,(H,22,23)/t14-,15-,18-/m0/s1. The first kappa shape index (κ1) is 14.0. The number of carboxylic acid groups (broad SMARTS) is 1. The Bertz CT molecular complexity index is 798. The second-order valence-corrected chi connectivity index (χ2v) is 6.13. The molecule has 3 nitrogen and oxygen atoms in total. The molecule has 2 aromatic carbocycles. The summed E-state index contributed by atoms with van der Waals surface area (Å²) in [6.45, 7) is 0. The molecule has 116 valence electrons. The van der Waals surface area contributed by atoms with E-state index >= 15 is 0 Å². The molecule has 4 rings (SSSR count). The highest BCUT2D eigenvalue weighted by Crippen LogP contribution is 2.49. The number of aromatic carboxylic acids is 1. The summed E-state index contributed by atoms with van der Waals surface area (Å²) >= 11 is 0. The van der Waals surface area contributed by atoms with Crippen molar-refractivity contribution in [1.29, 1.82) is 0 Å². The number of benzene rings is 2. The van der Waals surface area contributed by atoms with Gasteiger partial charge in [0, 0.05) is 11.6 Å². The highest BCUT2D eigenvalue weighted by Gasteiger charge is 2.38. The highest BCUT2D eigenvalue weighted by atomic mass is 19.1. The lowest BCUT2D eigenvalue weighted by molar-refractivity contribution is 0.0696. The average Bonchev–Trinajstić information content (AvgIpc) is 3.04. The monoisotopic (exact) mass is 309 g/mol. The maximum absolute atomic E-state index is 13.2. The minimum absolute atomic E-state index is 0.0961. The van der Waals surface area contributed by atoms with E-state index in [1.165, 1.54) is 12.1 Å². The van der Waals surface area contributed by atoms with Crippen LogP contribution in [-0.2, 0) is 0 Å². The smallest absolute Gasteiger partial charge is 0.335 e. The number of allylic oxidation sites excluding steroid dienone is 2. The van der Waals surface area contributed by atoms with Gasteiger partial charge >= 0.3 is 5.97 Å². The zero-order valence-corrected chi connectivity index (χ0v) is 12.4. The summed E-state index contributed by atoms with van der Waals surface area (Å²) < 4.78 is 13.2. The van der Waals surface area contributed by atoms with Gasteiger partial charge in [-0.2, -0.15) is 0 Å². The molecule has 0 radical (unpaired) electrons. The Balaban J connectivity index is 1.77. The van der Waals surface area contributed by atoms with E-state index in [2.05, 4.69) is 17.5 Å². The summed E-state index contributed by atoms with van der Waals surface area (Å²) in [5.74, 6) is -0.637. The third kappa shape index (κ3) is 2.31. The topological polar surface area (TPSA) is 49.3 Å². The van der Waals surface area contributed by atoms with Crippen molar-refractivity contribution in [3.63, 3.8) is 0 Å². The average molecular weight is 309 g/mol. The van der Waals surface area contributed by atoms with Crippen LogP contribution in [0.25, 0.3) is 0 Å². The lowest BCUT2D eigenvalue weighted by Crippen LogP contribution is -2.29. The molecule has 2 aliphatic rings. The van der Waals surface area contributed by atoms with Crippen molar-refractivity contribution in [2.45, 2.75) is 18.4 Å². The fraction of sp³-hybridized carbons (Fsp3) is 0.211. The van der Waals surface area contributed by atoms with Crippen LogP contribution < -0.4 is 5.32 Å². The molecule has 2 N–H and O–H groups in total. The van der Waals surface area contributed by atoms with Gasteiger partial charge in [-0.15, -0.1) is 0 Å². The van der Waals surface area contributed by atoms with Gasteiger partial charge in [0.2, 0.25) is 0 Å². The second-order valence-electron chi connectivity index (χ2n) is 6.13. The van der Waals surface area contributed by atoms with E-state index in [0.29, 0.717) is 11.5 Å². The zero-order chi connectivity index (χ0) is 16.0. The molecule has 0 unspecified atom stereocenters. The van der Waals surface area contributed by atoms with Crippen molar-refractivity contribution in [2.24, 2.45) is 5.92 Å². The Kier molecular flexibility index (Phi) is 3.18. The molecule has 3 atom stereocenters. The van der Waals surface area contributed by atoms with Crippen molar-refractivity contribution in [3.05, 3.63) is 77.1 Å². The summed E-state index contributed by atoms with van der Waals surface area (Å²) in [5.41, 5.74) is 3.35. The number of hydrogen-bond acceptors (Lipinski definition) is 2. The van der Waals surface area contributed by atoms with Gasteiger partial charge < -0.3 is 10.4 Å². The van der Waals surface area contributed by atoms with Gasteiger partial charge in [-0.1, -0.05) is 24.3 Å². The number of carboxylic acids is 1. The lowest BCUT2D eigenvalue weighted by Gasteiger charge is -2.37. The van der Waals surface area contributed by atoms with Gasteiger partial charge in [0.05, 0.1) is 11.6 Å². The van der Waals surface area contributed by atoms with Crippen LogP contribution in [-0.4, -0.2) is 11.1 Å². The van der Waals surface area contributed by atoms with Crippen molar-refractivity contribution < 1.29 is 14.3 Å². The summed E-state index contributed by atoms with van der Waals surface area (Å²) in [5, 5.41) is 12.7. The molecule has 1 heterocycles. The maximum Gasteiger partial charge on any atom is 0.335 e. The minimum Gasteiger partial charge on any atom is -0.478 e. The second kappa shape index (κ2) is 5.23. The van der Waals surface area contributed by atoms with Gasteiger partial charge in [0.1, 0.15) is 5.82 Å². The van der Waals surface area contributed by atoms with Crippen molar-refractivity contribution >= 4 is 11.7 Å². The summed E-state index contributed by atoms with van der Waals surface area (Å²) in [4.78, 5) is 11.2. The number of nitrogens with one attached hydrogen (secondary N) is 1. The van der Waals surface area contributed by atoms with Crippen LogP contribution >= 0.6 is 0 Å². The molecule has 0 saturated carbocycles. The van der Waals surface area contributed by atoms with Crippen molar-refractivity contribution in [2.75, 3.05) is 5.32 Å². The molecule has 0 bridgehead atoms. The first-order valence-corrected chi connectivity index (χ1v) is 7.69. The van der Waals surface area contributed by atoms with Crippen LogP contribution in [0.15, 0.2) is 54.6 Å². The molecule has 23 heavy (non-hydrogen) atoms. The van der Waals surface area contributed by atoms with Crippen molar-refractivity contribution in [1.82, 2.24) is 0 Å². The van der Waals surface area contributed by atoms with Crippen LogP contribution in [0.4, 0.5) is 10.1 Å². The lowest BCUT2D eigenvalue weighted by atomic mass is 9.76. The molecule has 2 aromatic rings. The Hall–Kier alpha value is -2.62. The molecule has 0 aromatic heterocycles. The normalized spacial score (nSPS) is 24.7. The summed E-state index contributed by atoms with van der Waals surface area (Å²) in [6, 6.07) is 11.9.